The van der Waals surface area contributed by atoms with Crippen LogP contribution < -0.4 is 0 Å². The van der Waals surface area contributed by atoms with Crippen molar-refractivity contribution < 1.29 is 0 Å². The molecule has 0 radical (unpaired) electrons. The van der Waals surface area contributed by atoms with Gasteiger partial charge in [0, 0.05) is 43.1 Å². The molecule has 0 bridgehead atoms. The summed E-state index contributed by atoms with van der Waals surface area (Å²) in [5.41, 5.74) is 10.6. The second-order valence-electron chi connectivity index (χ2n) is 14.7. The fourth-order valence-electron chi connectivity index (χ4n) is 8.54. The highest BCUT2D eigenvalue weighted by atomic mass is 32.1. The smallest absolute Gasteiger partial charge is 0.160 e. The van der Waals surface area contributed by atoms with Crippen LogP contribution in [-0.4, -0.2) is 15.0 Å². The van der Waals surface area contributed by atoms with Gasteiger partial charge in [0.15, 0.2) is 5.82 Å². The zero-order chi connectivity index (χ0) is 37.2. The number of aromatic nitrogens is 3. The number of fused-ring (bicyclic) bond motifs is 8. The monoisotopic (exact) mass is 733 g/mol. The van der Waals surface area contributed by atoms with Crippen LogP contribution in [0.5, 0.6) is 0 Å². The topological polar surface area (TPSA) is 38.7 Å². The van der Waals surface area contributed by atoms with Gasteiger partial charge in [0.25, 0.3) is 0 Å². The van der Waals surface area contributed by atoms with Crippen LogP contribution in [0.2, 0.25) is 0 Å². The first-order chi connectivity index (χ1) is 27.7. The van der Waals surface area contributed by atoms with E-state index in [1.54, 1.807) is 0 Å². The predicted octanol–water partition coefficient (Wildman–Crippen LogP) is 14.3. The van der Waals surface area contributed by atoms with E-state index in [0.717, 1.165) is 62.7 Å². The molecule has 4 heteroatoms. The van der Waals surface area contributed by atoms with Crippen LogP contribution in [0.1, 0.15) is 19.0 Å². The molecular weight excluding hydrogens is 699 g/mol. The Kier molecular flexibility index (Phi) is 7.71. The first-order valence-corrected chi connectivity index (χ1v) is 20.1. The number of allylic oxidation sites excluding steroid dienone is 4. The van der Waals surface area contributed by atoms with Crippen molar-refractivity contribution in [1.82, 2.24) is 15.0 Å². The van der Waals surface area contributed by atoms with E-state index in [1.807, 2.05) is 17.4 Å². The molecule has 0 amide bonds. The molecular formula is C52H35N3S. The zero-order valence-corrected chi connectivity index (χ0v) is 31.6. The van der Waals surface area contributed by atoms with Crippen molar-refractivity contribution in [2.45, 2.75) is 13.3 Å². The van der Waals surface area contributed by atoms with Gasteiger partial charge in [-0.1, -0.05) is 165 Å². The molecule has 0 saturated heterocycles. The van der Waals surface area contributed by atoms with E-state index in [9.17, 15) is 0 Å². The first-order valence-electron chi connectivity index (χ1n) is 19.3. The molecule has 3 heterocycles. The Morgan fingerprint density at radius 3 is 2.07 bits per heavy atom. The molecule has 0 N–H and O–H groups in total. The molecule has 11 rings (SSSR count). The standard InChI is InChI=1S/C52H35N3S/c1-32-14-5-7-18-37(32)46-31-45(34-15-3-2-4-16-34)53-52(54-46)35-28-26-33(27-29-35)39-23-13-24-43-48-42-22-11-12-25-47(42)56-51(48)50(55-49(39)43)44-30-36-17-6-8-19-38(36)40-20-9-10-21-41(40)44/h2-13,15-32H,14H2,1H3. The average molecular weight is 734 g/mol. The number of rotatable bonds is 5. The molecule has 0 saturated carbocycles. The van der Waals surface area contributed by atoms with Crippen molar-refractivity contribution in [3.63, 3.8) is 0 Å². The van der Waals surface area contributed by atoms with E-state index in [-0.39, 0.29) is 0 Å². The maximum atomic E-state index is 5.67. The van der Waals surface area contributed by atoms with Crippen LogP contribution in [0.3, 0.4) is 0 Å². The van der Waals surface area contributed by atoms with Gasteiger partial charge in [0.2, 0.25) is 0 Å². The molecule has 1 atom stereocenters. The lowest BCUT2D eigenvalue weighted by Gasteiger charge is -2.18. The Bertz CT molecular complexity index is 3230. The predicted molar refractivity (Wildman–Crippen MR) is 238 cm³/mol. The molecule has 1 unspecified atom stereocenters. The van der Waals surface area contributed by atoms with E-state index in [2.05, 4.69) is 177 Å². The Morgan fingerprint density at radius 1 is 0.536 bits per heavy atom. The van der Waals surface area contributed by atoms with Crippen molar-refractivity contribution in [2.24, 2.45) is 5.92 Å². The molecule has 7 aromatic carbocycles. The van der Waals surface area contributed by atoms with Crippen LogP contribution in [0.4, 0.5) is 0 Å². The first kappa shape index (κ1) is 32.7. The number of hydrogen-bond acceptors (Lipinski definition) is 4. The van der Waals surface area contributed by atoms with Crippen LogP contribution in [0.25, 0.3) is 103 Å². The van der Waals surface area contributed by atoms with Crippen LogP contribution in [-0.2, 0) is 0 Å². The van der Waals surface area contributed by atoms with Gasteiger partial charge >= 0.3 is 0 Å². The zero-order valence-electron chi connectivity index (χ0n) is 30.8. The number of nitrogens with zero attached hydrogens (tertiary/aromatic N) is 3. The summed E-state index contributed by atoms with van der Waals surface area (Å²) < 4.78 is 2.49. The summed E-state index contributed by atoms with van der Waals surface area (Å²) in [6.45, 7) is 2.27. The second kappa shape index (κ2) is 13.2. The maximum Gasteiger partial charge on any atom is 0.160 e. The van der Waals surface area contributed by atoms with Gasteiger partial charge in [0.1, 0.15) is 0 Å². The lowest BCUT2D eigenvalue weighted by Crippen LogP contribution is -2.05. The van der Waals surface area contributed by atoms with Crippen LogP contribution >= 0.6 is 11.3 Å². The van der Waals surface area contributed by atoms with Crippen molar-refractivity contribution in [1.29, 1.82) is 0 Å². The van der Waals surface area contributed by atoms with Crippen molar-refractivity contribution in [3.8, 4) is 45.0 Å². The van der Waals surface area contributed by atoms with Crippen LogP contribution in [0.15, 0.2) is 176 Å². The number of thiophene rings is 1. The summed E-state index contributed by atoms with van der Waals surface area (Å²) in [5, 5.41) is 8.63. The molecule has 56 heavy (non-hydrogen) atoms. The van der Waals surface area contributed by atoms with E-state index in [1.165, 1.54) is 52.7 Å². The lowest BCUT2D eigenvalue weighted by molar-refractivity contribution is 0.754. The van der Waals surface area contributed by atoms with Gasteiger partial charge in [0.05, 0.1) is 27.3 Å². The van der Waals surface area contributed by atoms with Crippen molar-refractivity contribution in [3.05, 3.63) is 182 Å². The van der Waals surface area contributed by atoms with Gasteiger partial charge in [-0.3, -0.25) is 0 Å². The Hall–Kier alpha value is -6.75. The Labute approximate surface area is 329 Å². The normalized spacial score (nSPS) is 14.3. The highest BCUT2D eigenvalue weighted by Gasteiger charge is 2.21. The minimum Gasteiger partial charge on any atom is -0.246 e. The molecule has 3 nitrogen and oxygen atoms in total. The highest BCUT2D eigenvalue weighted by Crippen LogP contribution is 2.46. The summed E-state index contributed by atoms with van der Waals surface area (Å²) in [5.74, 6) is 1.11. The second-order valence-corrected chi connectivity index (χ2v) is 15.8. The largest absolute Gasteiger partial charge is 0.246 e. The van der Waals surface area contributed by atoms with Crippen molar-refractivity contribution >= 4 is 69.5 Å². The number of para-hydroxylation sites is 1. The van der Waals surface area contributed by atoms with Gasteiger partial charge in [-0.05, 0) is 63.2 Å². The van der Waals surface area contributed by atoms with Crippen molar-refractivity contribution in [2.75, 3.05) is 0 Å². The number of benzene rings is 7. The Morgan fingerprint density at radius 2 is 1.23 bits per heavy atom. The summed E-state index contributed by atoms with van der Waals surface area (Å²) in [7, 11) is 0. The number of hydrogen-bond donors (Lipinski definition) is 0. The summed E-state index contributed by atoms with van der Waals surface area (Å²) in [4.78, 5) is 16.0. The third-order valence-electron chi connectivity index (χ3n) is 11.3. The van der Waals surface area contributed by atoms with E-state index < -0.39 is 0 Å². The summed E-state index contributed by atoms with van der Waals surface area (Å²) >= 11 is 1.84. The van der Waals surface area contributed by atoms with E-state index >= 15 is 0 Å². The maximum absolute atomic E-state index is 5.67. The molecule has 1 aliphatic rings. The summed E-state index contributed by atoms with van der Waals surface area (Å²) in [6, 6.07) is 56.5. The molecule has 1 aliphatic carbocycles. The minimum absolute atomic E-state index is 0.386. The molecule has 0 spiro atoms. The lowest BCUT2D eigenvalue weighted by atomic mass is 9.90. The minimum atomic E-state index is 0.386. The van der Waals surface area contributed by atoms with Gasteiger partial charge < -0.3 is 0 Å². The highest BCUT2D eigenvalue weighted by molar-refractivity contribution is 7.26. The van der Waals surface area contributed by atoms with Crippen LogP contribution in [0, 0.1) is 5.92 Å². The van der Waals surface area contributed by atoms with E-state index in [4.69, 9.17) is 15.0 Å². The molecule has 264 valence electrons. The van der Waals surface area contributed by atoms with Gasteiger partial charge in [-0.2, -0.15) is 0 Å². The third-order valence-corrected chi connectivity index (χ3v) is 12.5. The van der Waals surface area contributed by atoms with Gasteiger partial charge in [-0.15, -0.1) is 11.3 Å². The fourth-order valence-corrected chi connectivity index (χ4v) is 9.76. The molecule has 0 aliphatic heterocycles. The molecule has 0 fully saturated rings. The summed E-state index contributed by atoms with van der Waals surface area (Å²) in [6.07, 6.45) is 7.58. The fraction of sp³-hybridized carbons (Fsp3) is 0.0577. The van der Waals surface area contributed by atoms with E-state index in [0.29, 0.717) is 5.92 Å². The SMILES string of the molecule is CC1CC=CC=C1c1cc(-c2ccccc2)nc(-c2ccc(-c3cccc4c3nc(-c3cc5ccccc5c5ccccc35)c3sc5ccccc5c34)cc2)n1. The number of pyridine rings is 1. The molecule has 10 aromatic rings. The third kappa shape index (κ3) is 5.37. The molecule has 3 aromatic heterocycles. The average Bonchev–Trinajstić information content (AvgIpc) is 3.66. The Balaban J connectivity index is 1.11. The quantitative estimate of drug-likeness (QED) is 0.165. The van der Waals surface area contributed by atoms with Gasteiger partial charge in [-0.25, -0.2) is 15.0 Å².